The Bertz CT molecular complexity index is 548. The predicted molar refractivity (Wildman–Crippen MR) is 56.7 cm³/mol. The predicted octanol–water partition coefficient (Wildman–Crippen LogP) is 0.279. The molecule has 0 bridgehead atoms. The first kappa shape index (κ1) is 9.67. The molecule has 1 aromatic carbocycles. The molecule has 5 heteroatoms. The van der Waals surface area contributed by atoms with Crippen LogP contribution in [0.5, 0.6) is 5.75 Å². The number of aromatic hydroxyl groups is 1. The Labute approximate surface area is 86.0 Å². The van der Waals surface area contributed by atoms with Crippen LogP contribution in [-0.2, 0) is 6.67 Å². The molecule has 1 heterocycles. The molecule has 2 N–H and O–H groups in total. The highest BCUT2D eigenvalue weighted by molar-refractivity contribution is 5.78. The minimum absolute atomic E-state index is 0.112. The Kier molecular flexibility index (Phi) is 2.39. The standard InChI is InChI=1S/C10H11N3O2/c1-11-5-13-6-12-9-4-7(14)2-3-8(9)10(13)15/h2-4,6,11,14H,5H2,1H3. The number of fused-ring (bicyclic) bond motifs is 1. The van der Waals surface area contributed by atoms with Gasteiger partial charge >= 0.3 is 0 Å². The second-order valence-corrected chi connectivity index (χ2v) is 3.23. The van der Waals surface area contributed by atoms with Crippen molar-refractivity contribution in [2.24, 2.45) is 0 Å². The van der Waals surface area contributed by atoms with Crippen molar-refractivity contribution in [2.45, 2.75) is 6.67 Å². The number of phenols is 1. The summed E-state index contributed by atoms with van der Waals surface area (Å²) in [6.45, 7) is 0.419. The van der Waals surface area contributed by atoms with Gasteiger partial charge in [0.25, 0.3) is 5.56 Å². The van der Waals surface area contributed by atoms with E-state index >= 15 is 0 Å². The normalized spacial score (nSPS) is 10.7. The summed E-state index contributed by atoms with van der Waals surface area (Å²) in [6.07, 6.45) is 1.46. The van der Waals surface area contributed by atoms with Gasteiger partial charge in [0.15, 0.2) is 0 Å². The molecule has 0 saturated carbocycles. The van der Waals surface area contributed by atoms with Crippen LogP contribution < -0.4 is 10.9 Å². The van der Waals surface area contributed by atoms with E-state index in [0.717, 1.165) is 0 Å². The van der Waals surface area contributed by atoms with E-state index in [9.17, 15) is 9.90 Å². The van der Waals surface area contributed by atoms with Gasteiger partial charge < -0.3 is 10.4 Å². The van der Waals surface area contributed by atoms with E-state index in [4.69, 9.17) is 0 Å². The van der Waals surface area contributed by atoms with Crippen LogP contribution in [0.15, 0.2) is 29.3 Å². The van der Waals surface area contributed by atoms with Crippen molar-refractivity contribution in [3.63, 3.8) is 0 Å². The molecule has 0 aliphatic heterocycles. The lowest BCUT2D eigenvalue weighted by Crippen LogP contribution is -2.26. The zero-order valence-electron chi connectivity index (χ0n) is 8.27. The molecule has 0 unspecified atom stereocenters. The number of hydrogen-bond acceptors (Lipinski definition) is 4. The molecule has 78 valence electrons. The molecule has 1 aromatic heterocycles. The van der Waals surface area contributed by atoms with Crippen LogP contribution in [0.3, 0.4) is 0 Å². The van der Waals surface area contributed by atoms with Crippen molar-refractivity contribution in [3.8, 4) is 5.75 Å². The molecular weight excluding hydrogens is 194 g/mol. The second kappa shape index (κ2) is 3.70. The van der Waals surface area contributed by atoms with E-state index in [-0.39, 0.29) is 11.3 Å². The maximum absolute atomic E-state index is 11.8. The minimum atomic E-state index is -0.116. The summed E-state index contributed by atoms with van der Waals surface area (Å²) in [5, 5.41) is 12.6. The lowest BCUT2D eigenvalue weighted by Gasteiger charge is -2.05. The fraction of sp³-hybridized carbons (Fsp3) is 0.200. The van der Waals surface area contributed by atoms with Crippen LogP contribution in [0, 0.1) is 0 Å². The van der Waals surface area contributed by atoms with E-state index in [0.29, 0.717) is 17.6 Å². The number of rotatable bonds is 2. The van der Waals surface area contributed by atoms with Crippen molar-refractivity contribution >= 4 is 10.9 Å². The molecule has 2 aromatic rings. The second-order valence-electron chi connectivity index (χ2n) is 3.23. The lowest BCUT2D eigenvalue weighted by molar-refractivity contribution is 0.476. The maximum Gasteiger partial charge on any atom is 0.262 e. The van der Waals surface area contributed by atoms with Gasteiger partial charge in [-0.15, -0.1) is 0 Å². The third-order valence-electron chi connectivity index (χ3n) is 2.14. The number of hydrogen-bond donors (Lipinski definition) is 2. The summed E-state index contributed by atoms with van der Waals surface area (Å²) >= 11 is 0. The molecule has 0 saturated heterocycles. The molecule has 0 fully saturated rings. The number of aromatic nitrogens is 2. The van der Waals surface area contributed by atoms with Gasteiger partial charge in [0.2, 0.25) is 0 Å². The van der Waals surface area contributed by atoms with Gasteiger partial charge in [-0.3, -0.25) is 9.36 Å². The number of benzene rings is 1. The van der Waals surface area contributed by atoms with Gasteiger partial charge in [-0.05, 0) is 19.2 Å². The first-order chi connectivity index (χ1) is 7.22. The van der Waals surface area contributed by atoms with Crippen molar-refractivity contribution in [3.05, 3.63) is 34.9 Å². The summed E-state index contributed by atoms with van der Waals surface area (Å²) in [7, 11) is 1.76. The van der Waals surface area contributed by atoms with Gasteiger partial charge in [-0.2, -0.15) is 0 Å². The molecule has 15 heavy (non-hydrogen) atoms. The largest absolute Gasteiger partial charge is 0.508 e. The number of nitrogens with one attached hydrogen (secondary N) is 1. The van der Waals surface area contributed by atoms with Crippen LogP contribution in [0.4, 0.5) is 0 Å². The first-order valence-electron chi connectivity index (χ1n) is 4.55. The van der Waals surface area contributed by atoms with E-state index in [1.54, 1.807) is 13.1 Å². The van der Waals surface area contributed by atoms with Crippen molar-refractivity contribution in [1.29, 1.82) is 0 Å². The molecule has 0 atom stereocenters. The molecule has 0 aliphatic rings. The third kappa shape index (κ3) is 1.69. The Morgan fingerprint density at radius 3 is 3.07 bits per heavy atom. The van der Waals surface area contributed by atoms with Crippen LogP contribution in [0.25, 0.3) is 10.9 Å². The van der Waals surface area contributed by atoms with Crippen LogP contribution in [-0.4, -0.2) is 21.7 Å². The van der Waals surface area contributed by atoms with E-state index < -0.39 is 0 Å². The quantitative estimate of drug-likeness (QED) is 0.739. The van der Waals surface area contributed by atoms with Crippen molar-refractivity contribution < 1.29 is 5.11 Å². The van der Waals surface area contributed by atoms with Gasteiger partial charge in [0, 0.05) is 6.07 Å². The fourth-order valence-electron chi connectivity index (χ4n) is 1.43. The van der Waals surface area contributed by atoms with E-state index in [2.05, 4.69) is 10.3 Å². The Balaban J connectivity index is 2.69. The molecule has 0 aliphatic carbocycles. The molecule has 5 nitrogen and oxygen atoms in total. The molecule has 0 amide bonds. The van der Waals surface area contributed by atoms with Gasteiger partial charge in [-0.25, -0.2) is 4.98 Å². The van der Waals surface area contributed by atoms with E-state index in [1.807, 2.05) is 0 Å². The molecule has 0 spiro atoms. The van der Waals surface area contributed by atoms with Gasteiger partial charge in [-0.1, -0.05) is 0 Å². The molecule has 0 radical (unpaired) electrons. The zero-order valence-corrected chi connectivity index (χ0v) is 8.27. The van der Waals surface area contributed by atoms with E-state index in [1.165, 1.54) is 23.0 Å². The Hall–Kier alpha value is -1.88. The zero-order chi connectivity index (χ0) is 10.8. The summed E-state index contributed by atoms with van der Waals surface area (Å²) in [5.41, 5.74) is 0.390. The summed E-state index contributed by atoms with van der Waals surface area (Å²) < 4.78 is 1.47. The Morgan fingerprint density at radius 2 is 2.33 bits per heavy atom. The fourth-order valence-corrected chi connectivity index (χ4v) is 1.43. The van der Waals surface area contributed by atoms with Crippen LogP contribution >= 0.6 is 0 Å². The Morgan fingerprint density at radius 1 is 1.53 bits per heavy atom. The summed E-state index contributed by atoms with van der Waals surface area (Å²) in [6, 6.07) is 4.53. The first-order valence-corrected chi connectivity index (χ1v) is 4.55. The average Bonchev–Trinajstić information content (AvgIpc) is 2.22. The SMILES string of the molecule is CNCn1cnc2cc(O)ccc2c1=O. The average molecular weight is 205 g/mol. The minimum Gasteiger partial charge on any atom is -0.508 e. The summed E-state index contributed by atoms with van der Waals surface area (Å²) in [4.78, 5) is 15.9. The highest BCUT2D eigenvalue weighted by Gasteiger charge is 2.03. The molecular formula is C10H11N3O2. The van der Waals surface area contributed by atoms with Crippen molar-refractivity contribution in [1.82, 2.24) is 14.9 Å². The number of nitrogens with zero attached hydrogens (tertiary/aromatic N) is 2. The van der Waals surface area contributed by atoms with Crippen molar-refractivity contribution in [2.75, 3.05) is 7.05 Å². The molecule has 2 rings (SSSR count). The third-order valence-corrected chi connectivity index (χ3v) is 2.14. The van der Waals surface area contributed by atoms with Crippen LogP contribution in [0.1, 0.15) is 0 Å². The van der Waals surface area contributed by atoms with Gasteiger partial charge in [0.05, 0.1) is 23.9 Å². The summed E-state index contributed by atoms with van der Waals surface area (Å²) in [5.74, 6) is 0.112. The smallest absolute Gasteiger partial charge is 0.262 e. The monoisotopic (exact) mass is 205 g/mol. The van der Waals surface area contributed by atoms with Crippen LogP contribution in [0.2, 0.25) is 0 Å². The van der Waals surface area contributed by atoms with Gasteiger partial charge in [0.1, 0.15) is 5.75 Å². The highest BCUT2D eigenvalue weighted by atomic mass is 16.3. The topological polar surface area (TPSA) is 67.2 Å². The maximum atomic E-state index is 11.8. The number of phenolic OH excluding ortho intramolecular Hbond substituents is 1. The highest BCUT2D eigenvalue weighted by Crippen LogP contribution is 2.14. The lowest BCUT2D eigenvalue weighted by atomic mass is 10.2.